The van der Waals surface area contributed by atoms with E-state index in [0.29, 0.717) is 18.7 Å². The molecule has 17 heavy (non-hydrogen) atoms. The molecule has 0 amide bonds. The third-order valence-corrected chi connectivity index (χ3v) is 2.32. The minimum atomic E-state index is 0.440. The van der Waals surface area contributed by atoms with Crippen molar-refractivity contribution >= 4 is 0 Å². The molecular weight excluding hydrogens is 212 g/mol. The van der Waals surface area contributed by atoms with E-state index < -0.39 is 0 Å². The van der Waals surface area contributed by atoms with Crippen LogP contribution in [0.5, 0.6) is 0 Å². The summed E-state index contributed by atoms with van der Waals surface area (Å²) in [5.74, 6) is 0.713. The standard InChI is InChI=1S/C13H12N4/c1-10-8-12(11-4-3-7-15-9-11)17-13(16-10)5-2-6-14/h3-4,7-9H,2,5H2,1H3. The van der Waals surface area contributed by atoms with Crippen molar-refractivity contribution in [2.75, 3.05) is 0 Å². The topological polar surface area (TPSA) is 62.5 Å². The largest absolute Gasteiger partial charge is 0.264 e. The molecule has 0 radical (unpaired) electrons. The molecule has 0 aliphatic heterocycles. The minimum absolute atomic E-state index is 0.440. The quantitative estimate of drug-likeness (QED) is 0.802. The molecule has 0 unspecified atom stereocenters. The lowest BCUT2D eigenvalue weighted by atomic mass is 10.2. The molecule has 0 aliphatic carbocycles. The molecule has 2 aromatic heterocycles. The normalized spacial score (nSPS) is 9.88. The maximum Gasteiger partial charge on any atom is 0.130 e. The summed E-state index contributed by atoms with van der Waals surface area (Å²) < 4.78 is 0. The zero-order chi connectivity index (χ0) is 12.1. The predicted octanol–water partition coefficient (Wildman–Crippen LogP) is 2.30. The van der Waals surface area contributed by atoms with E-state index in [1.807, 2.05) is 25.1 Å². The molecule has 0 bridgehead atoms. The van der Waals surface area contributed by atoms with Crippen molar-refractivity contribution < 1.29 is 0 Å². The van der Waals surface area contributed by atoms with Crippen molar-refractivity contribution in [1.82, 2.24) is 15.0 Å². The van der Waals surface area contributed by atoms with Gasteiger partial charge in [-0.2, -0.15) is 5.26 Å². The molecule has 0 fully saturated rings. The van der Waals surface area contributed by atoms with E-state index in [9.17, 15) is 0 Å². The first-order chi connectivity index (χ1) is 8.29. The Bertz CT molecular complexity index is 543. The molecule has 4 heteroatoms. The molecule has 0 aliphatic rings. The second-order valence-electron chi connectivity index (χ2n) is 3.71. The summed E-state index contributed by atoms with van der Waals surface area (Å²) in [7, 11) is 0. The number of pyridine rings is 1. The van der Waals surface area contributed by atoms with Crippen LogP contribution < -0.4 is 0 Å². The van der Waals surface area contributed by atoms with Gasteiger partial charge in [-0.05, 0) is 25.1 Å². The van der Waals surface area contributed by atoms with E-state index in [0.717, 1.165) is 17.0 Å². The summed E-state index contributed by atoms with van der Waals surface area (Å²) in [6.45, 7) is 1.93. The fourth-order valence-corrected chi connectivity index (χ4v) is 1.57. The summed E-state index contributed by atoms with van der Waals surface area (Å²) in [6.07, 6.45) is 4.53. The van der Waals surface area contributed by atoms with Crippen LogP contribution in [-0.2, 0) is 6.42 Å². The van der Waals surface area contributed by atoms with Crippen molar-refractivity contribution in [3.05, 3.63) is 42.1 Å². The van der Waals surface area contributed by atoms with Crippen molar-refractivity contribution in [3.8, 4) is 17.3 Å². The lowest BCUT2D eigenvalue weighted by molar-refractivity contribution is 0.873. The lowest BCUT2D eigenvalue weighted by Gasteiger charge is -2.04. The number of hydrogen-bond donors (Lipinski definition) is 0. The number of nitriles is 1. The molecule has 2 heterocycles. The van der Waals surface area contributed by atoms with Gasteiger partial charge in [0.05, 0.1) is 11.8 Å². The average molecular weight is 224 g/mol. The van der Waals surface area contributed by atoms with Gasteiger partial charge in [-0.25, -0.2) is 9.97 Å². The Hall–Kier alpha value is -2.28. The van der Waals surface area contributed by atoms with Gasteiger partial charge in [0, 0.05) is 36.5 Å². The first-order valence-corrected chi connectivity index (χ1v) is 5.41. The highest BCUT2D eigenvalue weighted by atomic mass is 14.9. The lowest BCUT2D eigenvalue weighted by Crippen LogP contribution is -1.99. The van der Waals surface area contributed by atoms with Crippen molar-refractivity contribution in [1.29, 1.82) is 5.26 Å². The molecule has 0 atom stereocenters. The first kappa shape index (κ1) is 11.2. The highest BCUT2D eigenvalue weighted by molar-refractivity contribution is 5.57. The monoisotopic (exact) mass is 224 g/mol. The molecule has 0 N–H and O–H groups in total. The molecule has 0 spiro atoms. The van der Waals surface area contributed by atoms with Gasteiger partial charge in [0.15, 0.2) is 0 Å². The van der Waals surface area contributed by atoms with Gasteiger partial charge in [0.1, 0.15) is 5.82 Å². The number of rotatable bonds is 3. The second-order valence-corrected chi connectivity index (χ2v) is 3.71. The summed E-state index contributed by atoms with van der Waals surface area (Å²) in [5.41, 5.74) is 2.74. The van der Waals surface area contributed by atoms with Gasteiger partial charge in [-0.3, -0.25) is 4.98 Å². The Morgan fingerprint density at radius 3 is 2.94 bits per heavy atom. The molecule has 2 rings (SSSR count). The highest BCUT2D eigenvalue weighted by Crippen LogP contribution is 2.16. The zero-order valence-electron chi connectivity index (χ0n) is 9.59. The van der Waals surface area contributed by atoms with Gasteiger partial charge < -0.3 is 0 Å². The smallest absolute Gasteiger partial charge is 0.130 e. The van der Waals surface area contributed by atoms with Crippen LogP contribution in [0.1, 0.15) is 17.9 Å². The van der Waals surface area contributed by atoms with Crippen molar-refractivity contribution in [3.63, 3.8) is 0 Å². The van der Waals surface area contributed by atoms with Gasteiger partial charge in [-0.1, -0.05) is 0 Å². The minimum Gasteiger partial charge on any atom is -0.264 e. The number of aromatic nitrogens is 3. The Balaban J connectivity index is 2.36. The number of nitrogens with zero attached hydrogens (tertiary/aromatic N) is 4. The van der Waals surface area contributed by atoms with E-state index in [1.54, 1.807) is 12.4 Å². The molecule has 0 aromatic carbocycles. The molecular formula is C13H12N4. The van der Waals surface area contributed by atoms with Crippen LogP contribution in [0.15, 0.2) is 30.6 Å². The third-order valence-electron chi connectivity index (χ3n) is 2.32. The van der Waals surface area contributed by atoms with E-state index >= 15 is 0 Å². The average Bonchev–Trinajstić information content (AvgIpc) is 2.37. The van der Waals surface area contributed by atoms with Crippen LogP contribution in [0.3, 0.4) is 0 Å². The molecule has 0 saturated carbocycles. The Kier molecular flexibility index (Phi) is 3.41. The van der Waals surface area contributed by atoms with Crippen LogP contribution in [0, 0.1) is 18.3 Å². The van der Waals surface area contributed by atoms with Crippen LogP contribution in [0.2, 0.25) is 0 Å². The predicted molar refractivity (Wildman–Crippen MR) is 63.9 cm³/mol. The molecule has 2 aromatic rings. The van der Waals surface area contributed by atoms with Gasteiger partial charge in [0.2, 0.25) is 0 Å². The van der Waals surface area contributed by atoms with E-state index in [-0.39, 0.29) is 0 Å². The summed E-state index contributed by atoms with van der Waals surface area (Å²) in [5, 5.41) is 8.57. The molecule has 84 valence electrons. The van der Waals surface area contributed by atoms with Gasteiger partial charge >= 0.3 is 0 Å². The SMILES string of the molecule is Cc1cc(-c2cccnc2)nc(CCC#N)n1. The van der Waals surface area contributed by atoms with Crippen LogP contribution in [-0.4, -0.2) is 15.0 Å². The Morgan fingerprint density at radius 2 is 2.24 bits per heavy atom. The van der Waals surface area contributed by atoms with Crippen molar-refractivity contribution in [2.45, 2.75) is 19.8 Å². The zero-order valence-corrected chi connectivity index (χ0v) is 9.59. The fourth-order valence-electron chi connectivity index (χ4n) is 1.57. The Labute approximate surface area is 100.0 Å². The molecule has 0 saturated heterocycles. The fraction of sp³-hybridized carbons (Fsp3) is 0.231. The van der Waals surface area contributed by atoms with Crippen LogP contribution in [0.4, 0.5) is 0 Å². The van der Waals surface area contributed by atoms with E-state index in [1.165, 1.54) is 0 Å². The summed E-state index contributed by atoms with van der Waals surface area (Å²) in [4.78, 5) is 12.8. The van der Waals surface area contributed by atoms with Gasteiger partial charge in [-0.15, -0.1) is 0 Å². The van der Waals surface area contributed by atoms with Crippen molar-refractivity contribution in [2.24, 2.45) is 0 Å². The second kappa shape index (κ2) is 5.17. The maximum atomic E-state index is 8.57. The van der Waals surface area contributed by atoms with Gasteiger partial charge in [0.25, 0.3) is 0 Å². The van der Waals surface area contributed by atoms with Crippen LogP contribution in [0.25, 0.3) is 11.3 Å². The third kappa shape index (κ3) is 2.85. The van der Waals surface area contributed by atoms with E-state index in [4.69, 9.17) is 5.26 Å². The Morgan fingerprint density at radius 1 is 1.35 bits per heavy atom. The maximum absolute atomic E-state index is 8.57. The molecule has 4 nitrogen and oxygen atoms in total. The summed E-state index contributed by atoms with van der Waals surface area (Å²) >= 11 is 0. The van der Waals surface area contributed by atoms with E-state index in [2.05, 4.69) is 21.0 Å². The number of aryl methyl sites for hydroxylation is 2. The number of hydrogen-bond acceptors (Lipinski definition) is 4. The van der Waals surface area contributed by atoms with Crippen LogP contribution >= 0.6 is 0 Å². The first-order valence-electron chi connectivity index (χ1n) is 5.41. The summed E-state index contributed by atoms with van der Waals surface area (Å²) in [6, 6.07) is 7.86. The highest BCUT2D eigenvalue weighted by Gasteiger charge is 2.04.